The molecule has 1 N–H and O–H groups in total. The maximum absolute atomic E-state index is 10.1. The zero-order valence-corrected chi connectivity index (χ0v) is 12.3. The van der Waals surface area contributed by atoms with Crippen LogP contribution in [0.5, 0.6) is 5.75 Å². The zero-order valence-electron chi connectivity index (χ0n) is 10.7. The molecule has 0 aromatic heterocycles. The van der Waals surface area contributed by atoms with Gasteiger partial charge in [-0.2, -0.15) is 0 Å². The first-order chi connectivity index (χ1) is 8.69. The van der Waals surface area contributed by atoms with Gasteiger partial charge in [0, 0.05) is 16.9 Å². The van der Waals surface area contributed by atoms with Crippen LogP contribution >= 0.6 is 15.9 Å². The van der Waals surface area contributed by atoms with E-state index in [-0.39, 0.29) is 6.10 Å². The smallest absolute Gasteiger partial charge is 0.119 e. The van der Waals surface area contributed by atoms with Gasteiger partial charge in [-0.25, -0.2) is 0 Å². The SMILES string of the molecule is CCN1CCC(C(O)COc2ccc(Br)cc2)C1. The second-order valence-corrected chi connectivity index (χ2v) is 5.69. The van der Waals surface area contributed by atoms with Crippen molar-refractivity contribution in [3.8, 4) is 5.75 Å². The summed E-state index contributed by atoms with van der Waals surface area (Å²) in [6, 6.07) is 7.69. The van der Waals surface area contributed by atoms with Crippen molar-refractivity contribution < 1.29 is 9.84 Å². The number of ether oxygens (including phenoxy) is 1. The molecule has 100 valence electrons. The standard InChI is InChI=1S/C14H20BrNO2/c1-2-16-8-7-11(9-16)14(17)10-18-13-5-3-12(15)4-6-13/h3-6,11,14,17H,2,7-10H2,1H3. The van der Waals surface area contributed by atoms with Crippen LogP contribution in [-0.2, 0) is 0 Å². The third kappa shape index (κ3) is 3.70. The first kappa shape index (κ1) is 13.8. The highest BCUT2D eigenvalue weighted by Gasteiger charge is 2.27. The van der Waals surface area contributed by atoms with E-state index in [2.05, 4.69) is 27.8 Å². The number of halogens is 1. The first-order valence-corrected chi connectivity index (χ1v) is 7.27. The lowest BCUT2D eigenvalue weighted by atomic mass is 10.0. The van der Waals surface area contributed by atoms with Gasteiger partial charge >= 0.3 is 0 Å². The van der Waals surface area contributed by atoms with Gasteiger partial charge in [0.05, 0.1) is 6.10 Å². The van der Waals surface area contributed by atoms with Gasteiger partial charge in [0.2, 0.25) is 0 Å². The normalized spacial score (nSPS) is 22.1. The van der Waals surface area contributed by atoms with E-state index in [9.17, 15) is 5.11 Å². The molecule has 18 heavy (non-hydrogen) atoms. The zero-order chi connectivity index (χ0) is 13.0. The van der Waals surface area contributed by atoms with Gasteiger partial charge in [0.1, 0.15) is 12.4 Å². The summed E-state index contributed by atoms with van der Waals surface area (Å²) in [4.78, 5) is 2.37. The molecule has 0 saturated carbocycles. The number of aliphatic hydroxyl groups excluding tert-OH is 1. The minimum atomic E-state index is -0.370. The highest BCUT2D eigenvalue weighted by Crippen LogP contribution is 2.21. The molecule has 0 bridgehead atoms. The summed E-state index contributed by atoms with van der Waals surface area (Å²) >= 11 is 3.38. The van der Waals surface area contributed by atoms with Gasteiger partial charge in [0.15, 0.2) is 0 Å². The Morgan fingerprint density at radius 3 is 2.78 bits per heavy atom. The Hall–Kier alpha value is -0.580. The van der Waals surface area contributed by atoms with Gasteiger partial charge in [0.25, 0.3) is 0 Å². The van der Waals surface area contributed by atoms with Crippen LogP contribution in [0.25, 0.3) is 0 Å². The van der Waals surface area contributed by atoms with E-state index in [4.69, 9.17) is 4.74 Å². The summed E-state index contributed by atoms with van der Waals surface area (Å²) < 4.78 is 6.65. The van der Waals surface area contributed by atoms with Gasteiger partial charge in [-0.1, -0.05) is 22.9 Å². The molecule has 1 heterocycles. The molecule has 2 rings (SSSR count). The van der Waals surface area contributed by atoms with Crippen molar-refractivity contribution in [3.63, 3.8) is 0 Å². The molecule has 1 fully saturated rings. The molecule has 0 spiro atoms. The number of aliphatic hydroxyl groups is 1. The van der Waals surface area contributed by atoms with Gasteiger partial charge in [-0.15, -0.1) is 0 Å². The number of hydrogen-bond donors (Lipinski definition) is 1. The van der Waals surface area contributed by atoms with Crippen LogP contribution in [0.4, 0.5) is 0 Å². The van der Waals surface area contributed by atoms with Crippen LogP contribution < -0.4 is 4.74 Å². The van der Waals surface area contributed by atoms with Crippen molar-refractivity contribution in [2.75, 3.05) is 26.2 Å². The van der Waals surface area contributed by atoms with E-state index in [1.54, 1.807) is 0 Å². The second kappa shape index (κ2) is 6.55. The molecule has 1 aliphatic heterocycles. The number of nitrogens with zero attached hydrogens (tertiary/aromatic N) is 1. The third-order valence-corrected chi connectivity index (χ3v) is 4.06. The van der Waals surface area contributed by atoms with Gasteiger partial charge < -0.3 is 14.7 Å². The topological polar surface area (TPSA) is 32.7 Å². The molecule has 4 heteroatoms. The molecule has 1 aliphatic rings. The minimum Gasteiger partial charge on any atom is -0.491 e. The highest BCUT2D eigenvalue weighted by molar-refractivity contribution is 9.10. The predicted octanol–water partition coefficient (Wildman–Crippen LogP) is 2.53. The van der Waals surface area contributed by atoms with Crippen molar-refractivity contribution in [2.45, 2.75) is 19.4 Å². The molecule has 2 unspecified atom stereocenters. The summed E-state index contributed by atoms with van der Waals surface area (Å²) in [5, 5.41) is 10.1. The number of benzene rings is 1. The maximum atomic E-state index is 10.1. The summed E-state index contributed by atoms with van der Waals surface area (Å²) in [6.07, 6.45) is 0.698. The molecule has 2 atom stereocenters. The highest BCUT2D eigenvalue weighted by atomic mass is 79.9. The molecule has 0 radical (unpaired) electrons. The van der Waals surface area contributed by atoms with Crippen LogP contribution in [0, 0.1) is 5.92 Å². The van der Waals surface area contributed by atoms with Crippen molar-refractivity contribution in [3.05, 3.63) is 28.7 Å². The molecular formula is C14H20BrNO2. The summed E-state index contributed by atoms with van der Waals surface area (Å²) in [6.45, 7) is 5.69. The Bertz CT molecular complexity index is 369. The molecule has 1 aromatic carbocycles. The molecule has 0 amide bonds. The average Bonchev–Trinajstić information content (AvgIpc) is 2.86. The van der Waals surface area contributed by atoms with E-state index < -0.39 is 0 Å². The van der Waals surface area contributed by atoms with Crippen LogP contribution in [0.2, 0.25) is 0 Å². The lowest BCUT2D eigenvalue weighted by Gasteiger charge is -2.19. The second-order valence-electron chi connectivity index (χ2n) is 4.77. The fraction of sp³-hybridized carbons (Fsp3) is 0.571. The van der Waals surface area contributed by atoms with E-state index in [1.165, 1.54) is 0 Å². The number of rotatable bonds is 5. The Morgan fingerprint density at radius 1 is 1.44 bits per heavy atom. The largest absolute Gasteiger partial charge is 0.491 e. The van der Waals surface area contributed by atoms with Crippen molar-refractivity contribution >= 4 is 15.9 Å². The summed E-state index contributed by atoms with van der Waals surface area (Å²) in [7, 11) is 0. The molecule has 3 nitrogen and oxygen atoms in total. The number of likely N-dealkylation sites (tertiary alicyclic amines) is 1. The predicted molar refractivity (Wildman–Crippen MR) is 75.9 cm³/mol. The molecule has 1 saturated heterocycles. The Balaban J connectivity index is 1.78. The minimum absolute atomic E-state index is 0.348. The lowest BCUT2D eigenvalue weighted by molar-refractivity contribution is 0.0599. The average molecular weight is 314 g/mol. The number of hydrogen-bond acceptors (Lipinski definition) is 3. The Morgan fingerprint density at radius 2 is 2.17 bits per heavy atom. The maximum Gasteiger partial charge on any atom is 0.119 e. The fourth-order valence-electron chi connectivity index (χ4n) is 2.31. The first-order valence-electron chi connectivity index (χ1n) is 6.48. The van der Waals surface area contributed by atoms with Crippen molar-refractivity contribution in [1.29, 1.82) is 0 Å². The van der Waals surface area contributed by atoms with Crippen molar-refractivity contribution in [1.82, 2.24) is 4.90 Å². The van der Waals surface area contributed by atoms with Crippen LogP contribution in [0.1, 0.15) is 13.3 Å². The van der Waals surface area contributed by atoms with Crippen LogP contribution in [0.3, 0.4) is 0 Å². The van der Waals surface area contributed by atoms with Crippen LogP contribution in [0.15, 0.2) is 28.7 Å². The summed E-state index contributed by atoms with van der Waals surface area (Å²) in [5.74, 6) is 1.16. The Kier molecular flexibility index (Phi) is 5.03. The molecule has 0 aliphatic carbocycles. The van der Waals surface area contributed by atoms with Crippen LogP contribution in [-0.4, -0.2) is 42.4 Å². The molecular weight excluding hydrogens is 294 g/mol. The van der Waals surface area contributed by atoms with Gasteiger partial charge in [-0.05, 0) is 43.8 Å². The van der Waals surface area contributed by atoms with E-state index in [1.807, 2.05) is 24.3 Å². The molecule has 1 aromatic rings. The summed E-state index contributed by atoms with van der Waals surface area (Å²) in [5.41, 5.74) is 0. The van der Waals surface area contributed by atoms with Gasteiger partial charge in [-0.3, -0.25) is 0 Å². The fourth-order valence-corrected chi connectivity index (χ4v) is 2.58. The van der Waals surface area contributed by atoms with Crippen molar-refractivity contribution in [2.24, 2.45) is 5.92 Å². The van der Waals surface area contributed by atoms with E-state index >= 15 is 0 Å². The lowest BCUT2D eigenvalue weighted by Crippen LogP contribution is -2.30. The van der Waals surface area contributed by atoms with E-state index in [0.717, 1.165) is 36.3 Å². The van der Waals surface area contributed by atoms with E-state index in [0.29, 0.717) is 12.5 Å². The third-order valence-electron chi connectivity index (χ3n) is 3.53. The monoisotopic (exact) mass is 313 g/mol. The Labute approximate surface area is 117 Å². The quantitative estimate of drug-likeness (QED) is 0.906.